The summed E-state index contributed by atoms with van der Waals surface area (Å²) in [6, 6.07) is 7.48. The highest BCUT2D eigenvalue weighted by Gasteiger charge is 2.48. The zero-order valence-corrected chi connectivity index (χ0v) is 12.5. The highest BCUT2D eigenvalue weighted by molar-refractivity contribution is 6.09. The van der Waals surface area contributed by atoms with Gasteiger partial charge in [0.1, 0.15) is 12.0 Å². The summed E-state index contributed by atoms with van der Waals surface area (Å²) in [5, 5.41) is 0. The van der Waals surface area contributed by atoms with Crippen LogP contribution in [-0.2, 0) is 9.53 Å². The van der Waals surface area contributed by atoms with E-state index < -0.39 is 5.92 Å². The summed E-state index contributed by atoms with van der Waals surface area (Å²) in [5.74, 6) is -0.882. The Balaban J connectivity index is 1.83. The van der Waals surface area contributed by atoms with E-state index in [-0.39, 0.29) is 23.8 Å². The van der Waals surface area contributed by atoms with Crippen molar-refractivity contribution in [2.24, 2.45) is 11.8 Å². The Bertz CT molecular complexity index is 532. The van der Waals surface area contributed by atoms with Crippen LogP contribution in [0.2, 0.25) is 0 Å². The molecule has 0 aromatic heterocycles. The van der Waals surface area contributed by atoms with Crippen LogP contribution in [0.15, 0.2) is 24.3 Å². The van der Waals surface area contributed by atoms with Crippen LogP contribution in [0.25, 0.3) is 0 Å². The number of esters is 1. The van der Waals surface area contributed by atoms with E-state index >= 15 is 0 Å². The van der Waals surface area contributed by atoms with Crippen molar-refractivity contribution < 1.29 is 14.3 Å². The summed E-state index contributed by atoms with van der Waals surface area (Å²) in [6.45, 7) is 1.99. The van der Waals surface area contributed by atoms with Gasteiger partial charge in [-0.05, 0) is 26.2 Å². The third-order valence-electron chi connectivity index (χ3n) is 4.82. The number of carbonyl (C=O) groups is 2. The van der Waals surface area contributed by atoms with Crippen molar-refractivity contribution >= 4 is 11.8 Å². The molecule has 0 radical (unpaired) electrons. The number of Topliss-reactive ketones (excluding diaryl/α,β-unsaturated/α-hetero) is 1. The Hall–Kier alpha value is -1.64. The fourth-order valence-corrected chi connectivity index (χ4v) is 3.60. The Morgan fingerprint density at radius 2 is 1.71 bits per heavy atom. The number of hydrogen-bond acceptors (Lipinski definition) is 3. The topological polar surface area (TPSA) is 43.4 Å². The van der Waals surface area contributed by atoms with Gasteiger partial charge in [0.2, 0.25) is 0 Å². The normalized spacial score (nSPS) is 29.2. The van der Waals surface area contributed by atoms with Crippen molar-refractivity contribution in [3.05, 3.63) is 35.4 Å². The Kier molecular flexibility index (Phi) is 4.09. The van der Waals surface area contributed by atoms with Gasteiger partial charge in [0.25, 0.3) is 0 Å². The first kappa shape index (κ1) is 14.3. The number of carbonyl (C=O) groups excluding carboxylic acids is 2. The van der Waals surface area contributed by atoms with Crippen molar-refractivity contribution in [2.45, 2.75) is 51.6 Å². The maximum Gasteiger partial charge on any atom is 0.317 e. The molecule has 1 aromatic carbocycles. The van der Waals surface area contributed by atoms with Gasteiger partial charge in [-0.1, -0.05) is 49.1 Å². The molecule has 0 bridgehead atoms. The molecule has 1 saturated heterocycles. The molecule has 0 amide bonds. The molecule has 0 unspecified atom stereocenters. The predicted molar refractivity (Wildman–Crippen MR) is 80.1 cm³/mol. The molecule has 1 saturated carbocycles. The van der Waals surface area contributed by atoms with E-state index in [0.717, 1.165) is 31.2 Å². The molecule has 2 aliphatic rings. The van der Waals surface area contributed by atoms with Crippen LogP contribution < -0.4 is 0 Å². The summed E-state index contributed by atoms with van der Waals surface area (Å²) >= 11 is 0. The summed E-state index contributed by atoms with van der Waals surface area (Å²) in [4.78, 5) is 24.9. The lowest BCUT2D eigenvalue weighted by atomic mass is 9.79. The van der Waals surface area contributed by atoms with E-state index in [1.807, 2.05) is 31.2 Å². The molecule has 3 nitrogen and oxygen atoms in total. The van der Waals surface area contributed by atoms with Crippen LogP contribution in [0.5, 0.6) is 0 Å². The molecule has 112 valence electrons. The van der Waals surface area contributed by atoms with E-state index in [9.17, 15) is 9.59 Å². The van der Waals surface area contributed by atoms with Crippen LogP contribution in [0.4, 0.5) is 0 Å². The maximum absolute atomic E-state index is 12.7. The third-order valence-corrected chi connectivity index (χ3v) is 4.82. The largest absolute Gasteiger partial charge is 0.461 e. The van der Waals surface area contributed by atoms with Crippen LogP contribution >= 0.6 is 0 Å². The van der Waals surface area contributed by atoms with Crippen molar-refractivity contribution in [3.8, 4) is 0 Å². The van der Waals surface area contributed by atoms with Gasteiger partial charge in [0, 0.05) is 11.5 Å². The molecule has 2 fully saturated rings. The van der Waals surface area contributed by atoms with Gasteiger partial charge < -0.3 is 4.74 Å². The standard InChI is InChI=1S/C18H22O3/c1-12-8-10-13(11-9-12)17(19)16-14-6-4-2-3-5-7-15(14)21-18(16)20/h8-11,14-16H,2-7H2,1H3/t14-,15-,16-/m1/s1. The van der Waals surface area contributed by atoms with Crippen molar-refractivity contribution in [3.63, 3.8) is 0 Å². The molecule has 3 rings (SSSR count). The monoisotopic (exact) mass is 286 g/mol. The molecule has 1 heterocycles. The van der Waals surface area contributed by atoms with Gasteiger partial charge in [-0.3, -0.25) is 9.59 Å². The Morgan fingerprint density at radius 1 is 1.05 bits per heavy atom. The second kappa shape index (κ2) is 6.00. The van der Waals surface area contributed by atoms with Gasteiger partial charge in [-0.25, -0.2) is 0 Å². The van der Waals surface area contributed by atoms with E-state index in [4.69, 9.17) is 4.74 Å². The van der Waals surface area contributed by atoms with Crippen molar-refractivity contribution in [1.82, 2.24) is 0 Å². The quantitative estimate of drug-likeness (QED) is 0.473. The SMILES string of the molecule is Cc1ccc(C(=O)[C@@H]2C(=O)O[C@@H]3CCCCCC[C@@H]23)cc1. The Labute approximate surface area is 125 Å². The third kappa shape index (κ3) is 2.87. The number of ether oxygens (including phenoxy) is 1. The molecule has 1 aliphatic carbocycles. The molecule has 21 heavy (non-hydrogen) atoms. The van der Waals surface area contributed by atoms with Crippen molar-refractivity contribution in [1.29, 1.82) is 0 Å². The zero-order valence-electron chi connectivity index (χ0n) is 12.5. The number of hydrogen-bond donors (Lipinski definition) is 0. The second-order valence-corrected chi connectivity index (χ2v) is 6.34. The first-order valence-electron chi connectivity index (χ1n) is 7.98. The van der Waals surface area contributed by atoms with Crippen LogP contribution in [0.1, 0.15) is 54.4 Å². The number of aryl methyl sites for hydroxylation is 1. The van der Waals surface area contributed by atoms with Gasteiger partial charge in [-0.2, -0.15) is 0 Å². The van der Waals surface area contributed by atoms with Gasteiger partial charge in [0.05, 0.1) is 0 Å². The minimum Gasteiger partial charge on any atom is -0.461 e. The maximum atomic E-state index is 12.7. The number of rotatable bonds is 2. The lowest BCUT2D eigenvalue weighted by molar-refractivity contribution is -0.143. The van der Waals surface area contributed by atoms with Gasteiger partial charge in [0.15, 0.2) is 5.78 Å². The number of fused-ring (bicyclic) bond motifs is 1. The van der Waals surface area contributed by atoms with E-state index in [0.29, 0.717) is 5.56 Å². The van der Waals surface area contributed by atoms with Gasteiger partial charge in [-0.15, -0.1) is 0 Å². The summed E-state index contributed by atoms with van der Waals surface area (Å²) in [6.07, 6.45) is 6.39. The summed E-state index contributed by atoms with van der Waals surface area (Å²) < 4.78 is 5.52. The van der Waals surface area contributed by atoms with Crippen molar-refractivity contribution in [2.75, 3.05) is 0 Å². The first-order chi connectivity index (χ1) is 10.2. The number of benzene rings is 1. The fourth-order valence-electron chi connectivity index (χ4n) is 3.60. The molecular formula is C18H22O3. The lowest BCUT2D eigenvalue weighted by Crippen LogP contribution is -2.28. The molecule has 3 heteroatoms. The molecule has 1 aliphatic heterocycles. The van der Waals surface area contributed by atoms with Gasteiger partial charge >= 0.3 is 5.97 Å². The van der Waals surface area contributed by atoms with E-state index in [1.54, 1.807) is 0 Å². The highest BCUT2D eigenvalue weighted by atomic mass is 16.6. The number of ketones is 1. The minimum atomic E-state index is -0.587. The van der Waals surface area contributed by atoms with E-state index in [1.165, 1.54) is 12.8 Å². The minimum absolute atomic E-state index is 0.0443. The lowest BCUT2D eigenvalue weighted by Gasteiger charge is -2.22. The zero-order chi connectivity index (χ0) is 14.8. The average Bonchev–Trinajstić information content (AvgIpc) is 2.74. The molecule has 3 atom stereocenters. The second-order valence-electron chi connectivity index (χ2n) is 6.34. The average molecular weight is 286 g/mol. The molecule has 0 spiro atoms. The molecule has 1 aromatic rings. The smallest absolute Gasteiger partial charge is 0.317 e. The molecular weight excluding hydrogens is 264 g/mol. The highest BCUT2D eigenvalue weighted by Crippen LogP contribution is 2.38. The predicted octanol–water partition coefficient (Wildman–Crippen LogP) is 3.69. The fraction of sp³-hybridized carbons (Fsp3) is 0.556. The Morgan fingerprint density at radius 3 is 2.43 bits per heavy atom. The molecule has 0 N–H and O–H groups in total. The van der Waals surface area contributed by atoms with Crippen LogP contribution in [0.3, 0.4) is 0 Å². The van der Waals surface area contributed by atoms with E-state index in [2.05, 4.69) is 0 Å². The summed E-state index contributed by atoms with van der Waals surface area (Å²) in [5.41, 5.74) is 1.75. The first-order valence-corrected chi connectivity index (χ1v) is 7.98. The summed E-state index contributed by atoms with van der Waals surface area (Å²) in [7, 11) is 0. The van der Waals surface area contributed by atoms with Crippen LogP contribution in [0, 0.1) is 18.8 Å². The van der Waals surface area contributed by atoms with Crippen LogP contribution in [-0.4, -0.2) is 17.9 Å².